The molecule has 1 aliphatic rings. The molecule has 0 amide bonds. The highest BCUT2D eigenvalue weighted by Gasteiger charge is 2.61. The second-order valence-corrected chi connectivity index (χ2v) is 11.1. The second-order valence-electron chi connectivity index (χ2n) is 9.42. The van der Waals surface area contributed by atoms with Crippen molar-refractivity contribution in [1.82, 2.24) is 9.97 Å². The highest BCUT2D eigenvalue weighted by atomic mass is 32.2. The first-order valence-electron chi connectivity index (χ1n) is 12.0. The van der Waals surface area contributed by atoms with Gasteiger partial charge >= 0.3 is 12.1 Å². The lowest BCUT2D eigenvalue weighted by Gasteiger charge is -2.14. The van der Waals surface area contributed by atoms with Gasteiger partial charge in [0.15, 0.2) is 0 Å². The number of sulfonamides is 1. The Morgan fingerprint density at radius 2 is 1.77 bits per heavy atom. The first-order chi connectivity index (χ1) is 18.3. The fourth-order valence-electron chi connectivity index (χ4n) is 4.60. The summed E-state index contributed by atoms with van der Waals surface area (Å²) in [6.45, 7) is 3.76. The van der Waals surface area contributed by atoms with Crippen LogP contribution in [0.5, 0.6) is 5.88 Å². The molecule has 0 saturated heterocycles. The van der Waals surface area contributed by atoms with E-state index >= 15 is 0 Å². The molecule has 1 saturated carbocycles. The van der Waals surface area contributed by atoms with Gasteiger partial charge in [-0.2, -0.15) is 18.2 Å². The molecule has 1 aliphatic carbocycles. The lowest BCUT2D eigenvalue weighted by atomic mass is 10.00. The number of rotatable bonds is 10. The zero-order chi connectivity index (χ0) is 28.5. The lowest BCUT2D eigenvalue weighted by Crippen LogP contribution is -2.17. The van der Waals surface area contributed by atoms with E-state index in [2.05, 4.69) is 14.7 Å². The molecule has 208 valence electrons. The molecule has 0 spiro atoms. The molecule has 1 fully saturated rings. The van der Waals surface area contributed by atoms with Crippen LogP contribution in [0.1, 0.15) is 34.3 Å². The Labute approximate surface area is 223 Å². The molecule has 3 aromatic rings. The van der Waals surface area contributed by atoms with Gasteiger partial charge in [0.1, 0.15) is 0 Å². The van der Waals surface area contributed by atoms with E-state index in [4.69, 9.17) is 10.5 Å². The Kier molecular flexibility index (Phi) is 7.84. The lowest BCUT2D eigenvalue weighted by molar-refractivity contribution is -0.152. The molecule has 13 heteroatoms. The quantitative estimate of drug-likeness (QED) is 0.304. The van der Waals surface area contributed by atoms with E-state index in [-0.39, 0.29) is 41.7 Å². The van der Waals surface area contributed by atoms with Crippen LogP contribution in [0.25, 0.3) is 11.3 Å². The minimum absolute atomic E-state index is 0.0205. The fourth-order valence-corrected chi connectivity index (χ4v) is 5.59. The number of benzene rings is 2. The van der Waals surface area contributed by atoms with Gasteiger partial charge in [-0.15, -0.1) is 0 Å². The number of aromatic nitrogens is 2. The van der Waals surface area contributed by atoms with Crippen molar-refractivity contribution >= 4 is 21.9 Å². The summed E-state index contributed by atoms with van der Waals surface area (Å²) in [4.78, 5) is 19.5. The Morgan fingerprint density at radius 3 is 2.38 bits per heavy atom. The van der Waals surface area contributed by atoms with Gasteiger partial charge in [-0.1, -0.05) is 24.3 Å². The van der Waals surface area contributed by atoms with Gasteiger partial charge in [-0.25, -0.2) is 22.9 Å². The van der Waals surface area contributed by atoms with Gasteiger partial charge in [0.25, 0.3) is 10.0 Å². The molecule has 0 bridgehead atoms. The number of aryl methyl sites for hydroxylation is 2. The summed E-state index contributed by atoms with van der Waals surface area (Å²) in [5, 5.41) is 9.21. The SMILES string of the molecule is Cc1cccc(C)c1-c1cc(OCCCC2C(C(F)(F)F)[C@@H]2N)nc(NS(=O)(=O)c2cccc(C(=O)O)c2)n1. The molecule has 1 heterocycles. The number of nitrogens with one attached hydrogen (secondary N) is 1. The van der Waals surface area contributed by atoms with Gasteiger partial charge < -0.3 is 15.6 Å². The Hall–Kier alpha value is -3.71. The molecule has 2 unspecified atom stereocenters. The van der Waals surface area contributed by atoms with Gasteiger partial charge in [0.05, 0.1) is 28.7 Å². The molecular weight excluding hydrogens is 537 g/mol. The number of hydrogen-bond acceptors (Lipinski definition) is 7. The Morgan fingerprint density at radius 1 is 1.10 bits per heavy atom. The zero-order valence-corrected chi connectivity index (χ0v) is 21.9. The highest BCUT2D eigenvalue weighted by Crippen LogP contribution is 2.51. The van der Waals surface area contributed by atoms with Crippen LogP contribution in [0.3, 0.4) is 0 Å². The molecule has 2 aromatic carbocycles. The molecule has 9 nitrogen and oxygen atoms in total. The number of halogens is 3. The number of alkyl halides is 3. The standard InChI is InChI=1S/C26H27F3N4O5S/c1-14-6-3-7-15(2)21(14)19-13-20(38-11-5-10-18-22(23(18)30)26(27,28)29)32-25(31-19)33-39(36,37)17-9-4-8-16(12-17)24(34)35/h3-4,6-9,12-13,18,22-23H,5,10-11,30H2,1-2H3,(H,34,35)(H,31,32,33)/t18?,22?,23-/m1/s1. The summed E-state index contributed by atoms with van der Waals surface area (Å²) >= 11 is 0. The summed E-state index contributed by atoms with van der Waals surface area (Å²) in [5.74, 6) is -3.75. The third-order valence-electron chi connectivity index (χ3n) is 6.60. The van der Waals surface area contributed by atoms with E-state index in [1.807, 2.05) is 32.0 Å². The number of nitrogens with zero attached hydrogens (tertiary/aromatic N) is 2. The maximum atomic E-state index is 13.0. The number of carboxylic acids is 1. The third-order valence-corrected chi connectivity index (χ3v) is 7.92. The molecule has 3 atom stereocenters. The van der Waals surface area contributed by atoms with Crippen LogP contribution in [0.2, 0.25) is 0 Å². The van der Waals surface area contributed by atoms with Gasteiger partial charge in [-0.3, -0.25) is 0 Å². The summed E-state index contributed by atoms with van der Waals surface area (Å²) in [6, 6.07) is 11.0. The Bertz CT molecular complexity index is 1480. The number of anilines is 1. The normalized spacial score (nSPS) is 19.0. The third kappa shape index (κ3) is 6.48. The Balaban J connectivity index is 1.58. The van der Waals surface area contributed by atoms with E-state index < -0.39 is 40.0 Å². The predicted octanol–water partition coefficient (Wildman–Crippen LogP) is 4.55. The monoisotopic (exact) mass is 564 g/mol. The average Bonchev–Trinajstić information content (AvgIpc) is 3.51. The van der Waals surface area contributed by atoms with E-state index in [9.17, 15) is 31.5 Å². The number of aromatic carboxylic acids is 1. The molecule has 0 aliphatic heterocycles. The number of ether oxygens (including phenoxy) is 1. The van der Waals surface area contributed by atoms with Crippen molar-refractivity contribution in [2.24, 2.45) is 17.6 Å². The van der Waals surface area contributed by atoms with Crippen molar-refractivity contribution in [3.05, 3.63) is 65.2 Å². The summed E-state index contributed by atoms with van der Waals surface area (Å²) in [7, 11) is -4.27. The summed E-state index contributed by atoms with van der Waals surface area (Å²) < 4.78 is 72.8. The summed E-state index contributed by atoms with van der Waals surface area (Å²) in [5.41, 5.74) is 8.19. The van der Waals surface area contributed by atoms with Crippen LogP contribution in [0.4, 0.5) is 19.1 Å². The minimum Gasteiger partial charge on any atom is -0.478 e. The van der Waals surface area contributed by atoms with Gasteiger partial charge in [0, 0.05) is 17.7 Å². The van der Waals surface area contributed by atoms with Crippen molar-refractivity contribution in [1.29, 1.82) is 0 Å². The van der Waals surface area contributed by atoms with E-state index in [0.29, 0.717) is 5.69 Å². The average molecular weight is 565 g/mol. The fraction of sp³-hybridized carbons (Fsp3) is 0.346. The van der Waals surface area contributed by atoms with E-state index in [1.54, 1.807) is 0 Å². The van der Waals surface area contributed by atoms with Crippen molar-refractivity contribution in [3.63, 3.8) is 0 Å². The molecule has 1 aromatic heterocycles. The highest BCUT2D eigenvalue weighted by molar-refractivity contribution is 7.92. The van der Waals surface area contributed by atoms with Crippen LogP contribution in [0.15, 0.2) is 53.4 Å². The van der Waals surface area contributed by atoms with Crippen molar-refractivity contribution < 1.29 is 36.2 Å². The van der Waals surface area contributed by atoms with Crippen LogP contribution in [-0.4, -0.2) is 48.3 Å². The van der Waals surface area contributed by atoms with Crippen molar-refractivity contribution in [2.45, 2.75) is 43.8 Å². The smallest absolute Gasteiger partial charge is 0.393 e. The maximum absolute atomic E-state index is 13.0. The number of carbonyl (C=O) groups is 1. The number of nitrogens with two attached hydrogens (primary N) is 1. The summed E-state index contributed by atoms with van der Waals surface area (Å²) in [6.07, 6.45) is -3.82. The van der Waals surface area contributed by atoms with E-state index in [1.165, 1.54) is 24.3 Å². The first-order valence-corrected chi connectivity index (χ1v) is 13.5. The van der Waals surface area contributed by atoms with Crippen molar-refractivity contribution in [2.75, 3.05) is 11.3 Å². The second kappa shape index (κ2) is 10.8. The van der Waals surface area contributed by atoms with Crippen LogP contribution < -0.4 is 15.2 Å². The maximum Gasteiger partial charge on any atom is 0.393 e. The topological polar surface area (TPSA) is 144 Å². The molecule has 0 radical (unpaired) electrons. The van der Waals surface area contributed by atoms with Gasteiger partial charge in [-0.05, 0) is 61.9 Å². The molecule has 4 rings (SSSR count). The van der Waals surface area contributed by atoms with Gasteiger partial charge in [0.2, 0.25) is 11.8 Å². The molecule has 4 N–H and O–H groups in total. The van der Waals surface area contributed by atoms with Crippen LogP contribution in [-0.2, 0) is 10.0 Å². The first kappa shape index (κ1) is 28.3. The van der Waals surface area contributed by atoms with Crippen LogP contribution >= 0.6 is 0 Å². The number of carboxylic acid groups (broad SMARTS) is 1. The zero-order valence-electron chi connectivity index (χ0n) is 21.1. The van der Waals surface area contributed by atoms with Crippen LogP contribution in [0, 0.1) is 25.7 Å². The largest absolute Gasteiger partial charge is 0.478 e. The molecule has 39 heavy (non-hydrogen) atoms. The predicted molar refractivity (Wildman–Crippen MR) is 137 cm³/mol. The van der Waals surface area contributed by atoms with Crippen molar-refractivity contribution in [3.8, 4) is 17.1 Å². The van der Waals surface area contributed by atoms with E-state index in [0.717, 1.165) is 22.8 Å². The minimum atomic E-state index is -4.33. The molecular formula is C26H27F3N4O5S. The number of hydrogen-bond donors (Lipinski definition) is 3.